The molecule has 20 heavy (non-hydrogen) atoms. The summed E-state index contributed by atoms with van der Waals surface area (Å²) in [6.45, 7) is 1.06. The number of ether oxygens (including phenoxy) is 2. The average molecular weight is 271 g/mol. The number of para-hydroxylation sites is 4. The maximum Gasteiger partial charge on any atom is 0.231 e. The molecule has 0 atom stereocenters. The Hall–Kier alpha value is -2.20. The lowest BCUT2D eigenvalue weighted by atomic mass is 10.2. The van der Waals surface area contributed by atoms with Crippen LogP contribution in [0.25, 0.3) is 0 Å². The van der Waals surface area contributed by atoms with Crippen LogP contribution in [-0.2, 0) is 0 Å². The summed E-state index contributed by atoms with van der Waals surface area (Å²) in [5, 5.41) is 9.13. The van der Waals surface area contributed by atoms with E-state index in [-0.39, 0.29) is 13.4 Å². The highest BCUT2D eigenvalue weighted by atomic mass is 16.7. The zero-order valence-corrected chi connectivity index (χ0v) is 11.2. The topological polar surface area (TPSA) is 41.9 Å². The number of nitrogens with zero attached hydrogens (tertiary/aromatic N) is 1. The molecular weight excluding hydrogens is 254 g/mol. The first-order chi connectivity index (χ1) is 9.90. The van der Waals surface area contributed by atoms with Crippen molar-refractivity contribution in [3.05, 3.63) is 48.5 Å². The van der Waals surface area contributed by atoms with Gasteiger partial charge in [0.2, 0.25) is 6.79 Å². The molecule has 3 rings (SSSR count). The maximum absolute atomic E-state index is 9.13. The van der Waals surface area contributed by atoms with Gasteiger partial charge in [0.25, 0.3) is 0 Å². The Balaban J connectivity index is 2.08. The van der Waals surface area contributed by atoms with Crippen molar-refractivity contribution in [2.75, 3.05) is 24.8 Å². The third-order valence-corrected chi connectivity index (χ3v) is 3.28. The van der Waals surface area contributed by atoms with Crippen LogP contribution in [0.1, 0.15) is 6.42 Å². The van der Waals surface area contributed by atoms with E-state index in [1.807, 2.05) is 48.5 Å². The van der Waals surface area contributed by atoms with E-state index in [0.29, 0.717) is 13.0 Å². The Kier molecular flexibility index (Phi) is 3.74. The summed E-state index contributed by atoms with van der Waals surface area (Å²) < 4.78 is 11.3. The van der Waals surface area contributed by atoms with Crippen LogP contribution in [0.5, 0.6) is 11.5 Å². The summed E-state index contributed by atoms with van der Waals surface area (Å²) in [4.78, 5) is 2.13. The van der Waals surface area contributed by atoms with Gasteiger partial charge in [-0.1, -0.05) is 24.3 Å². The van der Waals surface area contributed by atoms with Gasteiger partial charge in [0.15, 0.2) is 0 Å². The summed E-state index contributed by atoms with van der Waals surface area (Å²) in [5.74, 6) is 1.58. The Morgan fingerprint density at radius 2 is 1.45 bits per heavy atom. The standard InChI is InChI=1S/C16H17NO3/c18-11-5-10-17-13-6-1-3-8-15(13)19-12-20-16-9-4-2-7-14(16)17/h1-4,6-9,18H,5,10-12H2. The molecule has 2 aromatic carbocycles. The molecule has 0 aromatic heterocycles. The third kappa shape index (κ3) is 2.42. The van der Waals surface area contributed by atoms with E-state index >= 15 is 0 Å². The number of anilines is 2. The fourth-order valence-electron chi connectivity index (χ4n) is 2.36. The van der Waals surface area contributed by atoms with E-state index in [4.69, 9.17) is 14.6 Å². The lowest BCUT2D eigenvalue weighted by Gasteiger charge is -2.30. The summed E-state index contributed by atoms with van der Waals surface area (Å²) in [6.07, 6.45) is 0.683. The quantitative estimate of drug-likeness (QED) is 0.932. The number of benzene rings is 2. The molecule has 0 saturated heterocycles. The second-order valence-electron chi connectivity index (χ2n) is 4.57. The molecule has 104 valence electrons. The summed E-state index contributed by atoms with van der Waals surface area (Å²) in [5.41, 5.74) is 1.99. The van der Waals surface area contributed by atoms with E-state index in [2.05, 4.69) is 4.90 Å². The van der Waals surface area contributed by atoms with Crippen LogP contribution in [0.4, 0.5) is 11.4 Å². The van der Waals surface area contributed by atoms with Crippen molar-refractivity contribution in [3.63, 3.8) is 0 Å². The molecule has 1 aliphatic rings. The molecule has 0 fully saturated rings. The van der Waals surface area contributed by atoms with Crippen molar-refractivity contribution in [3.8, 4) is 11.5 Å². The molecular formula is C16H17NO3. The molecule has 0 radical (unpaired) electrons. The normalized spacial score (nSPS) is 13.3. The smallest absolute Gasteiger partial charge is 0.231 e. The van der Waals surface area contributed by atoms with Crippen LogP contribution in [0, 0.1) is 0 Å². The Bertz CT molecular complexity index is 538. The molecule has 0 saturated carbocycles. The first kappa shape index (κ1) is 12.8. The molecule has 0 unspecified atom stereocenters. The highest BCUT2D eigenvalue weighted by Gasteiger charge is 2.19. The minimum absolute atomic E-state index is 0.155. The summed E-state index contributed by atoms with van der Waals surface area (Å²) in [7, 11) is 0. The van der Waals surface area contributed by atoms with Gasteiger partial charge in [-0.3, -0.25) is 0 Å². The molecule has 1 aliphatic heterocycles. The fourth-order valence-corrected chi connectivity index (χ4v) is 2.36. The zero-order valence-electron chi connectivity index (χ0n) is 11.2. The van der Waals surface area contributed by atoms with Crippen molar-refractivity contribution in [1.82, 2.24) is 0 Å². The van der Waals surface area contributed by atoms with Crippen molar-refractivity contribution in [2.24, 2.45) is 0 Å². The molecule has 1 N–H and O–H groups in total. The second-order valence-corrected chi connectivity index (χ2v) is 4.57. The van der Waals surface area contributed by atoms with E-state index in [9.17, 15) is 0 Å². The Morgan fingerprint density at radius 1 is 0.900 bits per heavy atom. The van der Waals surface area contributed by atoms with Gasteiger partial charge in [-0.2, -0.15) is 0 Å². The number of hydrogen-bond donors (Lipinski definition) is 1. The number of rotatable bonds is 3. The third-order valence-electron chi connectivity index (χ3n) is 3.28. The second kappa shape index (κ2) is 5.84. The minimum Gasteiger partial charge on any atom is -0.455 e. The molecule has 0 spiro atoms. The van der Waals surface area contributed by atoms with Crippen molar-refractivity contribution in [2.45, 2.75) is 6.42 Å². The van der Waals surface area contributed by atoms with Gasteiger partial charge in [-0.05, 0) is 30.7 Å². The van der Waals surface area contributed by atoms with Gasteiger partial charge in [-0.15, -0.1) is 0 Å². The molecule has 0 amide bonds. The summed E-state index contributed by atoms with van der Waals surface area (Å²) >= 11 is 0. The fraction of sp³-hybridized carbons (Fsp3) is 0.250. The molecule has 4 nitrogen and oxygen atoms in total. The first-order valence-corrected chi connectivity index (χ1v) is 6.72. The van der Waals surface area contributed by atoms with Gasteiger partial charge in [0.1, 0.15) is 11.5 Å². The summed E-state index contributed by atoms with van der Waals surface area (Å²) in [6, 6.07) is 15.8. The van der Waals surface area contributed by atoms with Crippen LogP contribution in [0.15, 0.2) is 48.5 Å². The molecule has 0 aliphatic carbocycles. The first-order valence-electron chi connectivity index (χ1n) is 6.72. The van der Waals surface area contributed by atoms with Gasteiger partial charge in [0, 0.05) is 13.2 Å². The number of fused-ring (bicyclic) bond motifs is 2. The van der Waals surface area contributed by atoms with Crippen LogP contribution in [0.3, 0.4) is 0 Å². The monoisotopic (exact) mass is 271 g/mol. The predicted molar refractivity (Wildman–Crippen MR) is 77.7 cm³/mol. The lowest BCUT2D eigenvalue weighted by molar-refractivity contribution is 0.119. The average Bonchev–Trinajstić information content (AvgIpc) is 2.48. The lowest BCUT2D eigenvalue weighted by Crippen LogP contribution is -2.23. The van der Waals surface area contributed by atoms with Crippen molar-refractivity contribution >= 4 is 11.4 Å². The largest absolute Gasteiger partial charge is 0.455 e. The van der Waals surface area contributed by atoms with Gasteiger partial charge in [-0.25, -0.2) is 0 Å². The van der Waals surface area contributed by atoms with Crippen LogP contribution < -0.4 is 14.4 Å². The van der Waals surface area contributed by atoms with Crippen LogP contribution >= 0.6 is 0 Å². The molecule has 0 bridgehead atoms. The number of hydrogen-bond acceptors (Lipinski definition) is 4. The van der Waals surface area contributed by atoms with Crippen LogP contribution in [0.2, 0.25) is 0 Å². The van der Waals surface area contributed by atoms with E-state index in [1.54, 1.807) is 0 Å². The van der Waals surface area contributed by atoms with E-state index in [0.717, 1.165) is 22.9 Å². The van der Waals surface area contributed by atoms with E-state index in [1.165, 1.54) is 0 Å². The SMILES string of the molecule is OCCCN1c2ccccc2OCOc2ccccc21. The number of aliphatic hydroxyl groups is 1. The Morgan fingerprint density at radius 3 is 2.00 bits per heavy atom. The van der Waals surface area contributed by atoms with Gasteiger partial charge >= 0.3 is 0 Å². The molecule has 1 heterocycles. The van der Waals surface area contributed by atoms with Crippen molar-refractivity contribution < 1.29 is 14.6 Å². The van der Waals surface area contributed by atoms with Gasteiger partial charge in [0.05, 0.1) is 11.4 Å². The maximum atomic E-state index is 9.13. The molecule has 2 aromatic rings. The minimum atomic E-state index is 0.155. The highest BCUT2D eigenvalue weighted by molar-refractivity contribution is 5.73. The van der Waals surface area contributed by atoms with Gasteiger partial charge < -0.3 is 19.5 Å². The number of aliphatic hydroxyl groups excluding tert-OH is 1. The van der Waals surface area contributed by atoms with E-state index < -0.39 is 0 Å². The zero-order chi connectivity index (χ0) is 13.8. The van der Waals surface area contributed by atoms with Crippen LogP contribution in [-0.4, -0.2) is 25.1 Å². The molecule has 4 heteroatoms. The van der Waals surface area contributed by atoms with Crippen molar-refractivity contribution in [1.29, 1.82) is 0 Å². The highest BCUT2D eigenvalue weighted by Crippen LogP contribution is 2.40. The Labute approximate surface area is 118 Å². The predicted octanol–water partition coefficient (Wildman–Crippen LogP) is 2.94.